The van der Waals surface area contributed by atoms with E-state index in [4.69, 9.17) is 5.73 Å². The van der Waals surface area contributed by atoms with Gasteiger partial charge in [0.05, 0.1) is 5.60 Å². The van der Waals surface area contributed by atoms with E-state index >= 15 is 0 Å². The van der Waals surface area contributed by atoms with Gasteiger partial charge in [-0.15, -0.1) is 0 Å². The molecule has 0 bridgehead atoms. The van der Waals surface area contributed by atoms with E-state index in [-0.39, 0.29) is 12.1 Å². The molecule has 0 amide bonds. The molecule has 96 valence electrons. The van der Waals surface area contributed by atoms with Gasteiger partial charge in [-0.3, -0.25) is 0 Å². The van der Waals surface area contributed by atoms with Crippen molar-refractivity contribution in [2.75, 3.05) is 0 Å². The maximum Gasteiger partial charge on any atom is 0.138 e. The second-order valence-electron chi connectivity index (χ2n) is 5.45. The lowest BCUT2D eigenvalue weighted by atomic mass is 9.80. The molecule has 1 fully saturated rings. The summed E-state index contributed by atoms with van der Waals surface area (Å²) in [5.41, 5.74) is 5.22. The first-order valence-corrected chi connectivity index (χ1v) is 6.36. The molecule has 1 aromatic rings. The molecule has 0 aliphatic heterocycles. The molecule has 0 radical (unpaired) electrons. The Hall–Kier alpha value is -0.940. The number of hydrogen-bond donors (Lipinski definition) is 2. The predicted octanol–water partition coefficient (Wildman–Crippen LogP) is 1.03. The highest BCUT2D eigenvalue weighted by molar-refractivity contribution is 4.98. The third kappa shape index (κ3) is 2.84. The van der Waals surface area contributed by atoms with Crippen LogP contribution in [0.25, 0.3) is 0 Å². The normalized spacial score (nSPS) is 29.8. The van der Waals surface area contributed by atoms with Gasteiger partial charge in [-0.25, -0.2) is 9.67 Å². The molecule has 1 aliphatic carbocycles. The number of hydrogen-bond acceptors (Lipinski definition) is 4. The van der Waals surface area contributed by atoms with E-state index < -0.39 is 5.60 Å². The largest absolute Gasteiger partial charge is 0.389 e. The van der Waals surface area contributed by atoms with Gasteiger partial charge in [0.15, 0.2) is 0 Å². The minimum absolute atomic E-state index is 0.248. The summed E-state index contributed by atoms with van der Waals surface area (Å²) in [6.07, 6.45) is 5.46. The van der Waals surface area contributed by atoms with Gasteiger partial charge in [0.2, 0.25) is 0 Å². The predicted molar refractivity (Wildman–Crippen MR) is 65.5 cm³/mol. The molecule has 0 unspecified atom stereocenters. The Morgan fingerprint density at radius 3 is 2.76 bits per heavy atom. The van der Waals surface area contributed by atoms with Crippen molar-refractivity contribution in [2.45, 2.75) is 63.6 Å². The lowest BCUT2D eigenvalue weighted by molar-refractivity contribution is -0.00250. The van der Waals surface area contributed by atoms with E-state index in [2.05, 4.69) is 23.9 Å². The van der Waals surface area contributed by atoms with Crippen LogP contribution in [-0.2, 0) is 6.42 Å². The molecule has 0 aromatic carbocycles. The summed E-state index contributed by atoms with van der Waals surface area (Å²) in [4.78, 5) is 4.26. The molecule has 1 aromatic heterocycles. The summed E-state index contributed by atoms with van der Waals surface area (Å²) in [6, 6.07) is 0.528. The van der Waals surface area contributed by atoms with Gasteiger partial charge in [0.1, 0.15) is 12.2 Å². The van der Waals surface area contributed by atoms with Gasteiger partial charge in [-0.1, -0.05) is 0 Å². The topological polar surface area (TPSA) is 77.0 Å². The summed E-state index contributed by atoms with van der Waals surface area (Å²) >= 11 is 0. The van der Waals surface area contributed by atoms with Crippen LogP contribution in [0.15, 0.2) is 6.33 Å². The highest BCUT2D eigenvalue weighted by atomic mass is 16.3. The van der Waals surface area contributed by atoms with E-state index in [1.807, 2.05) is 4.68 Å². The van der Waals surface area contributed by atoms with Crippen molar-refractivity contribution in [1.29, 1.82) is 0 Å². The number of aromatic nitrogens is 3. The van der Waals surface area contributed by atoms with Gasteiger partial charge >= 0.3 is 0 Å². The number of aliphatic hydroxyl groups is 1. The zero-order chi connectivity index (χ0) is 12.5. The van der Waals surface area contributed by atoms with Crippen molar-refractivity contribution in [3.05, 3.63) is 12.2 Å². The third-order valence-electron chi connectivity index (χ3n) is 3.58. The molecule has 0 atom stereocenters. The first-order valence-electron chi connectivity index (χ1n) is 6.36. The van der Waals surface area contributed by atoms with Crippen LogP contribution < -0.4 is 5.73 Å². The SMILES string of the molecule is CC(C)n1ncnc1CC1(O)CCC(N)CC1. The number of rotatable bonds is 3. The second-order valence-corrected chi connectivity index (χ2v) is 5.45. The van der Waals surface area contributed by atoms with Crippen LogP contribution in [0.5, 0.6) is 0 Å². The van der Waals surface area contributed by atoms with Gasteiger partial charge in [-0.2, -0.15) is 5.10 Å². The number of nitrogens with two attached hydrogens (primary N) is 1. The molecule has 5 nitrogen and oxygen atoms in total. The van der Waals surface area contributed by atoms with Crippen LogP contribution in [0.1, 0.15) is 51.4 Å². The minimum atomic E-state index is -0.643. The van der Waals surface area contributed by atoms with Crippen LogP contribution in [0.4, 0.5) is 0 Å². The Morgan fingerprint density at radius 1 is 1.53 bits per heavy atom. The molecule has 1 saturated carbocycles. The number of nitrogens with zero attached hydrogens (tertiary/aromatic N) is 3. The van der Waals surface area contributed by atoms with Crippen LogP contribution in [-0.4, -0.2) is 31.5 Å². The lowest BCUT2D eigenvalue weighted by Crippen LogP contribution is -2.41. The molecule has 17 heavy (non-hydrogen) atoms. The molecule has 5 heteroatoms. The first kappa shape index (κ1) is 12.5. The smallest absolute Gasteiger partial charge is 0.138 e. The highest BCUT2D eigenvalue weighted by Gasteiger charge is 2.33. The van der Waals surface area contributed by atoms with Crippen LogP contribution in [0.3, 0.4) is 0 Å². The molecule has 2 rings (SSSR count). The Bertz CT molecular complexity index is 366. The van der Waals surface area contributed by atoms with Gasteiger partial charge in [0.25, 0.3) is 0 Å². The maximum atomic E-state index is 10.5. The van der Waals surface area contributed by atoms with Gasteiger partial charge in [-0.05, 0) is 39.5 Å². The fourth-order valence-electron chi connectivity index (χ4n) is 2.48. The second kappa shape index (κ2) is 4.74. The molecule has 0 spiro atoms. The van der Waals surface area contributed by atoms with E-state index in [1.54, 1.807) is 6.33 Å². The molecule has 0 saturated heterocycles. The van der Waals surface area contributed by atoms with Crippen molar-refractivity contribution in [1.82, 2.24) is 14.8 Å². The minimum Gasteiger partial charge on any atom is -0.389 e. The first-order chi connectivity index (χ1) is 8.00. The molecule has 1 heterocycles. The van der Waals surface area contributed by atoms with Crippen LogP contribution in [0.2, 0.25) is 0 Å². The van der Waals surface area contributed by atoms with Crippen LogP contribution in [0, 0.1) is 0 Å². The molecule has 1 aliphatic rings. The average molecular weight is 238 g/mol. The average Bonchev–Trinajstić information content (AvgIpc) is 2.71. The van der Waals surface area contributed by atoms with E-state index in [9.17, 15) is 5.11 Å². The van der Waals surface area contributed by atoms with Crippen molar-refractivity contribution >= 4 is 0 Å². The quantitative estimate of drug-likeness (QED) is 0.824. The standard InChI is InChI=1S/C12H22N4O/c1-9(2)16-11(14-8-15-16)7-12(17)5-3-10(13)4-6-12/h8-10,17H,3-7,13H2,1-2H3. The van der Waals surface area contributed by atoms with Crippen molar-refractivity contribution in [3.63, 3.8) is 0 Å². The summed E-state index contributed by atoms with van der Waals surface area (Å²) in [5.74, 6) is 0.873. The Morgan fingerprint density at radius 2 is 2.18 bits per heavy atom. The summed E-state index contributed by atoms with van der Waals surface area (Å²) in [6.45, 7) is 4.14. The van der Waals surface area contributed by atoms with Gasteiger partial charge < -0.3 is 10.8 Å². The Kier molecular flexibility index (Phi) is 3.49. The van der Waals surface area contributed by atoms with Gasteiger partial charge in [0, 0.05) is 18.5 Å². The van der Waals surface area contributed by atoms with E-state index in [1.165, 1.54) is 0 Å². The highest BCUT2D eigenvalue weighted by Crippen LogP contribution is 2.30. The zero-order valence-electron chi connectivity index (χ0n) is 10.6. The Balaban J connectivity index is 2.07. The van der Waals surface area contributed by atoms with Crippen molar-refractivity contribution in [3.8, 4) is 0 Å². The summed E-state index contributed by atoms with van der Waals surface area (Å²) in [5, 5.41) is 14.7. The maximum absolute atomic E-state index is 10.5. The van der Waals surface area contributed by atoms with Crippen molar-refractivity contribution in [2.24, 2.45) is 5.73 Å². The zero-order valence-corrected chi connectivity index (χ0v) is 10.6. The lowest BCUT2D eigenvalue weighted by Gasteiger charge is -2.34. The third-order valence-corrected chi connectivity index (χ3v) is 3.58. The van der Waals surface area contributed by atoms with E-state index in [0.717, 1.165) is 31.5 Å². The van der Waals surface area contributed by atoms with E-state index in [0.29, 0.717) is 6.42 Å². The monoisotopic (exact) mass is 238 g/mol. The van der Waals surface area contributed by atoms with Crippen molar-refractivity contribution < 1.29 is 5.11 Å². The molecular weight excluding hydrogens is 216 g/mol. The summed E-state index contributed by atoms with van der Waals surface area (Å²) < 4.78 is 1.88. The Labute approximate surface area is 102 Å². The summed E-state index contributed by atoms with van der Waals surface area (Å²) in [7, 11) is 0. The van der Waals surface area contributed by atoms with Crippen LogP contribution >= 0.6 is 0 Å². The molecular formula is C12H22N4O. The molecule has 3 N–H and O–H groups in total. The fraction of sp³-hybridized carbons (Fsp3) is 0.833. The fourth-order valence-corrected chi connectivity index (χ4v) is 2.48.